The van der Waals surface area contributed by atoms with Gasteiger partial charge in [0.2, 0.25) is 0 Å². The molecule has 4 N–H and O–H groups in total. The molecule has 4 rings (SSSR count). The van der Waals surface area contributed by atoms with E-state index in [1.807, 2.05) is 73.7 Å². The second-order valence-corrected chi connectivity index (χ2v) is 6.99. The average molecular weight is 397 g/mol. The Morgan fingerprint density at radius 3 is 2.13 bits per heavy atom. The normalized spacial score (nSPS) is 10.5. The number of hydrogen-bond donors (Lipinski definition) is 3. The largest absolute Gasteiger partial charge is 0.457 e. The van der Waals surface area contributed by atoms with Crippen molar-refractivity contribution in [3.63, 3.8) is 0 Å². The molecule has 0 aliphatic heterocycles. The van der Waals surface area contributed by atoms with Gasteiger partial charge in [-0.25, -0.2) is 9.97 Å². The summed E-state index contributed by atoms with van der Waals surface area (Å²) in [5.74, 6) is 2.64. The second-order valence-electron chi connectivity index (χ2n) is 6.99. The SMILES string of the molecule is Cc1ccc(Nc2ncnc(Nc3ccc(Oc4ccccc4)cc3)c2N)c(C)c1. The minimum absolute atomic E-state index is 0.446. The fourth-order valence-electron chi connectivity index (χ4n) is 3.04. The van der Waals surface area contributed by atoms with Gasteiger partial charge in [0.1, 0.15) is 23.5 Å². The molecule has 0 aliphatic rings. The fraction of sp³-hybridized carbons (Fsp3) is 0.0833. The highest BCUT2D eigenvalue weighted by Crippen LogP contribution is 2.30. The average Bonchev–Trinajstić information content (AvgIpc) is 2.75. The molecule has 0 aliphatic carbocycles. The van der Waals surface area contributed by atoms with Gasteiger partial charge in [-0.05, 0) is 61.9 Å². The van der Waals surface area contributed by atoms with Crippen LogP contribution in [0.3, 0.4) is 0 Å². The van der Waals surface area contributed by atoms with E-state index in [-0.39, 0.29) is 0 Å². The highest BCUT2D eigenvalue weighted by molar-refractivity contribution is 5.80. The highest BCUT2D eigenvalue weighted by atomic mass is 16.5. The maximum atomic E-state index is 6.32. The molecule has 0 radical (unpaired) electrons. The minimum Gasteiger partial charge on any atom is -0.457 e. The third kappa shape index (κ3) is 4.50. The smallest absolute Gasteiger partial charge is 0.159 e. The van der Waals surface area contributed by atoms with Crippen molar-refractivity contribution in [2.24, 2.45) is 0 Å². The standard InChI is InChI=1S/C24H23N5O/c1-16-8-13-21(17(2)14-16)29-24-22(25)23(26-15-27-24)28-18-9-11-20(12-10-18)30-19-6-4-3-5-7-19/h3-15H,25H2,1-2H3,(H2,26,27,28,29). The summed E-state index contributed by atoms with van der Waals surface area (Å²) < 4.78 is 5.82. The Labute approximate surface area is 175 Å². The van der Waals surface area contributed by atoms with Crippen LogP contribution >= 0.6 is 0 Å². The number of hydrogen-bond acceptors (Lipinski definition) is 6. The molecule has 1 heterocycles. The van der Waals surface area contributed by atoms with E-state index in [9.17, 15) is 0 Å². The number of nitrogens with zero attached hydrogens (tertiary/aromatic N) is 2. The van der Waals surface area contributed by atoms with Gasteiger partial charge >= 0.3 is 0 Å². The first-order chi connectivity index (χ1) is 14.6. The Morgan fingerprint density at radius 1 is 0.767 bits per heavy atom. The maximum Gasteiger partial charge on any atom is 0.159 e. The highest BCUT2D eigenvalue weighted by Gasteiger charge is 2.10. The molecule has 3 aromatic carbocycles. The number of anilines is 5. The molecular weight excluding hydrogens is 374 g/mol. The maximum absolute atomic E-state index is 6.32. The first kappa shape index (κ1) is 19.3. The van der Waals surface area contributed by atoms with E-state index in [0.717, 1.165) is 28.4 Å². The zero-order valence-corrected chi connectivity index (χ0v) is 16.9. The van der Waals surface area contributed by atoms with Gasteiger partial charge in [0.15, 0.2) is 11.6 Å². The molecule has 150 valence electrons. The summed E-state index contributed by atoms with van der Waals surface area (Å²) in [6, 6.07) is 23.4. The summed E-state index contributed by atoms with van der Waals surface area (Å²) in [6.07, 6.45) is 1.48. The van der Waals surface area contributed by atoms with E-state index < -0.39 is 0 Å². The van der Waals surface area contributed by atoms with Gasteiger partial charge in [-0.3, -0.25) is 0 Å². The predicted octanol–water partition coefficient (Wildman–Crippen LogP) is 5.96. The van der Waals surface area contributed by atoms with Gasteiger partial charge in [0, 0.05) is 11.4 Å². The molecule has 0 spiro atoms. The van der Waals surface area contributed by atoms with Gasteiger partial charge < -0.3 is 21.1 Å². The number of aryl methyl sites for hydroxylation is 2. The fourth-order valence-corrected chi connectivity index (χ4v) is 3.04. The quantitative estimate of drug-likeness (QED) is 0.372. The molecule has 6 nitrogen and oxygen atoms in total. The van der Waals surface area contributed by atoms with Crippen molar-refractivity contribution in [1.29, 1.82) is 0 Å². The summed E-state index contributed by atoms with van der Waals surface area (Å²) in [6.45, 7) is 4.11. The third-order valence-corrected chi connectivity index (χ3v) is 4.61. The van der Waals surface area contributed by atoms with Gasteiger partial charge in [0.05, 0.1) is 0 Å². The molecular formula is C24H23N5O. The van der Waals surface area contributed by atoms with Crippen molar-refractivity contribution in [2.75, 3.05) is 16.4 Å². The molecule has 6 heteroatoms. The molecule has 0 atom stereocenters. The summed E-state index contributed by atoms with van der Waals surface area (Å²) in [5, 5.41) is 6.54. The van der Waals surface area contributed by atoms with E-state index in [0.29, 0.717) is 17.3 Å². The van der Waals surface area contributed by atoms with E-state index in [2.05, 4.69) is 33.6 Å². The molecule has 4 aromatic rings. The van der Waals surface area contributed by atoms with Crippen LogP contribution in [0, 0.1) is 13.8 Å². The van der Waals surface area contributed by atoms with Crippen molar-refractivity contribution in [2.45, 2.75) is 13.8 Å². The van der Waals surface area contributed by atoms with Crippen LogP contribution in [0.5, 0.6) is 11.5 Å². The van der Waals surface area contributed by atoms with Crippen molar-refractivity contribution < 1.29 is 4.74 Å². The zero-order valence-electron chi connectivity index (χ0n) is 16.9. The van der Waals surface area contributed by atoms with Crippen LogP contribution in [0.25, 0.3) is 0 Å². The lowest BCUT2D eigenvalue weighted by Gasteiger charge is -2.14. The first-order valence-electron chi connectivity index (χ1n) is 9.63. The van der Waals surface area contributed by atoms with E-state index in [1.54, 1.807) is 0 Å². The van der Waals surface area contributed by atoms with Crippen LogP contribution in [0.1, 0.15) is 11.1 Å². The molecule has 0 bridgehead atoms. The number of nitrogen functional groups attached to an aromatic ring is 1. The van der Waals surface area contributed by atoms with E-state index in [4.69, 9.17) is 10.5 Å². The number of nitrogens with two attached hydrogens (primary N) is 1. The summed E-state index contributed by atoms with van der Waals surface area (Å²) in [7, 11) is 0. The van der Waals surface area contributed by atoms with E-state index in [1.165, 1.54) is 11.9 Å². The van der Waals surface area contributed by atoms with Crippen LogP contribution < -0.4 is 21.1 Å². The molecule has 0 unspecified atom stereocenters. The van der Waals surface area contributed by atoms with Gasteiger partial charge in [-0.1, -0.05) is 35.9 Å². The number of benzene rings is 3. The van der Waals surface area contributed by atoms with Crippen LogP contribution in [0.15, 0.2) is 79.1 Å². The van der Waals surface area contributed by atoms with Crippen LogP contribution in [-0.2, 0) is 0 Å². The van der Waals surface area contributed by atoms with Gasteiger partial charge in [-0.15, -0.1) is 0 Å². The van der Waals surface area contributed by atoms with E-state index >= 15 is 0 Å². The number of aromatic nitrogens is 2. The van der Waals surface area contributed by atoms with Crippen molar-refractivity contribution in [1.82, 2.24) is 9.97 Å². The molecule has 0 saturated carbocycles. The second kappa shape index (κ2) is 8.53. The predicted molar refractivity (Wildman–Crippen MR) is 122 cm³/mol. The lowest BCUT2D eigenvalue weighted by Crippen LogP contribution is -2.05. The van der Waals surface area contributed by atoms with Gasteiger partial charge in [0.25, 0.3) is 0 Å². The summed E-state index contributed by atoms with van der Waals surface area (Å²) >= 11 is 0. The Hall–Kier alpha value is -4.06. The molecule has 30 heavy (non-hydrogen) atoms. The summed E-state index contributed by atoms with van der Waals surface area (Å²) in [5.41, 5.74) is 10.9. The van der Waals surface area contributed by atoms with Crippen molar-refractivity contribution in [3.8, 4) is 11.5 Å². The number of nitrogens with one attached hydrogen (secondary N) is 2. The van der Waals surface area contributed by atoms with Crippen molar-refractivity contribution >= 4 is 28.7 Å². The Morgan fingerprint density at radius 2 is 1.43 bits per heavy atom. The first-order valence-corrected chi connectivity index (χ1v) is 9.63. The van der Waals surface area contributed by atoms with Gasteiger partial charge in [-0.2, -0.15) is 0 Å². The Bertz CT molecular complexity index is 1140. The Balaban J connectivity index is 1.49. The van der Waals surface area contributed by atoms with Crippen LogP contribution in [-0.4, -0.2) is 9.97 Å². The van der Waals surface area contributed by atoms with Crippen LogP contribution in [0.4, 0.5) is 28.7 Å². The molecule has 0 amide bonds. The number of rotatable bonds is 6. The number of ether oxygens (including phenoxy) is 1. The molecule has 1 aromatic heterocycles. The topological polar surface area (TPSA) is 85.1 Å². The lowest BCUT2D eigenvalue weighted by molar-refractivity contribution is 0.483. The van der Waals surface area contributed by atoms with Crippen LogP contribution in [0.2, 0.25) is 0 Å². The summed E-state index contributed by atoms with van der Waals surface area (Å²) in [4.78, 5) is 8.58. The Kier molecular flexibility index (Phi) is 5.48. The molecule has 0 saturated heterocycles. The zero-order chi connectivity index (χ0) is 20.9. The minimum atomic E-state index is 0.446. The van der Waals surface area contributed by atoms with Crippen molar-refractivity contribution in [3.05, 3.63) is 90.3 Å². The monoisotopic (exact) mass is 397 g/mol. The molecule has 0 fully saturated rings. The number of para-hydroxylation sites is 1. The third-order valence-electron chi connectivity index (χ3n) is 4.61. The lowest BCUT2D eigenvalue weighted by atomic mass is 10.1.